The maximum absolute atomic E-state index is 9.56. The SMILES string of the molecule is C.CCCCC=O.COCN(Cc1ccccc1)[C@@H](C)c1ccccc1.S. The fourth-order valence-corrected chi connectivity index (χ4v) is 2.51. The first kappa shape index (κ1) is 27.6. The molecular weight excluding hydrogens is 354 g/mol. The molecule has 0 amide bonds. The molecule has 0 saturated carbocycles. The highest BCUT2D eigenvalue weighted by molar-refractivity contribution is 7.59. The first-order chi connectivity index (χ1) is 12.2. The second-order valence-corrected chi connectivity index (χ2v) is 6.05. The van der Waals surface area contributed by atoms with E-state index in [4.69, 9.17) is 4.74 Å². The largest absolute Gasteiger partial charge is 0.369 e. The van der Waals surface area contributed by atoms with Crippen LogP contribution >= 0.6 is 13.5 Å². The summed E-state index contributed by atoms with van der Waals surface area (Å²) in [7, 11) is 1.75. The summed E-state index contributed by atoms with van der Waals surface area (Å²) in [5, 5.41) is 0. The molecule has 152 valence electrons. The molecule has 0 spiro atoms. The number of hydrogen-bond donors (Lipinski definition) is 0. The summed E-state index contributed by atoms with van der Waals surface area (Å²) in [5.41, 5.74) is 2.62. The third kappa shape index (κ3) is 11.6. The lowest BCUT2D eigenvalue weighted by molar-refractivity contribution is -0.107. The second-order valence-electron chi connectivity index (χ2n) is 6.05. The van der Waals surface area contributed by atoms with Crippen LogP contribution in [0.4, 0.5) is 0 Å². The summed E-state index contributed by atoms with van der Waals surface area (Å²) in [4.78, 5) is 11.9. The third-order valence-corrected chi connectivity index (χ3v) is 4.03. The van der Waals surface area contributed by atoms with Gasteiger partial charge in [0.1, 0.15) is 6.29 Å². The second kappa shape index (κ2) is 17.8. The van der Waals surface area contributed by atoms with Gasteiger partial charge >= 0.3 is 0 Å². The van der Waals surface area contributed by atoms with Gasteiger partial charge in [0.2, 0.25) is 0 Å². The molecule has 3 nitrogen and oxygen atoms in total. The summed E-state index contributed by atoms with van der Waals surface area (Å²) in [6.45, 7) is 5.82. The highest BCUT2D eigenvalue weighted by Gasteiger charge is 2.15. The van der Waals surface area contributed by atoms with Crippen molar-refractivity contribution in [2.75, 3.05) is 13.8 Å². The Labute approximate surface area is 173 Å². The molecule has 0 bridgehead atoms. The number of carbonyl (C=O) groups excluding carboxylic acids is 1. The summed E-state index contributed by atoms with van der Waals surface area (Å²) < 4.78 is 5.34. The number of benzene rings is 2. The number of methoxy groups -OCH3 is 1. The number of aldehydes is 1. The number of ether oxygens (including phenoxy) is 1. The van der Waals surface area contributed by atoms with E-state index in [0.717, 1.165) is 32.1 Å². The molecule has 1 atom stereocenters. The van der Waals surface area contributed by atoms with Crippen molar-refractivity contribution < 1.29 is 9.53 Å². The van der Waals surface area contributed by atoms with E-state index >= 15 is 0 Å². The zero-order valence-electron chi connectivity index (χ0n) is 16.2. The molecular formula is C23H37NO2S. The van der Waals surface area contributed by atoms with Crippen molar-refractivity contribution in [2.24, 2.45) is 0 Å². The van der Waals surface area contributed by atoms with E-state index in [-0.39, 0.29) is 20.9 Å². The Balaban J connectivity index is 0. The molecule has 2 aromatic carbocycles. The first-order valence-electron chi connectivity index (χ1n) is 8.98. The Morgan fingerprint density at radius 1 is 1.04 bits per heavy atom. The van der Waals surface area contributed by atoms with Crippen LogP contribution in [0.1, 0.15) is 57.7 Å². The number of hydrogen-bond acceptors (Lipinski definition) is 3. The van der Waals surface area contributed by atoms with Gasteiger partial charge in [-0.1, -0.05) is 81.4 Å². The maximum Gasteiger partial charge on any atom is 0.119 e. The number of unbranched alkanes of at least 4 members (excludes halogenated alkanes) is 2. The third-order valence-electron chi connectivity index (χ3n) is 4.03. The van der Waals surface area contributed by atoms with Gasteiger partial charge < -0.3 is 9.53 Å². The summed E-state index contributed by atoms with van der Waals surface area (Å²) >= 11 is 0. The minimum absolute atomic E-state index is 0. The van der Waals surface area contributed by atoms with Crippen molar-refractivity contribution in [2.45, 2.75) is 53.1 Å². The van der Waals surface area contributed by atoms with Gasteiger partial charge in [-0.25, -0.2) is 0 Å². The molecule has 0 radical (unpaired) electrons. The highest BCUT2D eigenvalue weighted by atomic mass is 32.1. The topological polar surface area (TPSA) is 29.5 Å². The molecule has 0 fully saturated rings. The Bertz CT molecular complexity index is 563. The van der Waals surface area contributed by atoms with Crippen LogP contribution in [0.15, 0.2) is 60.7 Å². The van der Waals surface area contributed by atoms with Gasteiger partial charge in [0.05, 0.1) is 6.73 Å². The zero-order chi connectivity index (χ0) is 18.3. The lowest BCUT2D eigenvalue weighted by atomic mass is 10.1. The van der Waals surface area contributed by atoms with Crippen LogP contribution in [0, 0.1) is 0 Å². The molecule has 2 rings (SSSR count). The summed E-state index contributed by atoms with van der Waals surface area (Å²) in [6.07, 6.45) is 3.86. The first-order valence-corrected chi connectivity index (χ1v) is 8.98. The molecule has 27 heavy (non-hydrogen) atoms. The lowest BCUT2D eigenvalue weighted by Crippen LogP contribution is -2.28. The minimum atomic E-state index is 0. The fourth-order valence-electron chi connectivity index (χ4n) is 2.51. The van der Waals surface area contributed by atoms with Gasteiger partial charge in [0, 0.05) is 26.1 Å². The van der Waals surface area contributed by atoms with Crippen LogP contribution in [-0.4, -0.2) is 25.0 Å². The highest BCUT2D eigenvalue weighted by Crippen LogP contribution is 2.21. The summed E-state index contributed by atoms with van der Waals surface area (Å²) in [6, 6.07) is 21.4. The smallest absolute Gasteiger partial charge is 0.119 e. The van der Waals surface area contributed by atoms with Crippen LogP contribution in [-0.2, 0) is 16.1 Å². The van der Waals surface area contributed by atoms with Crippen molar-refractivity contribution in [3.05, 3.63) is 71.8 Å². The predicted octanol–water partition coefficient (Wildman–Crippen LogP) is 5.98. The van der Waals surface area contributed by atoms with Crippen molar-refractivity contribution >= 4 is 19.8 Å². The van der Waals surface area contributed by atoms with Gasteiger partial charge in [-0.15, -0.1) is 0 Å². The van der Waals surface area contributed by atoms with Crippen LogP contribution in [0.25, 0.3) is 0 Å². The van der Waals surface area contributed by atoms with E-state index in [1.54, 1.807) is 7.11 Å². The van der Waals surface area contributed by atoms with E-state index in [2.05, 4.69) is 67.3 Å². The van der Waals surface area contributed by atoms with Gasteiger partial charge in [-0.2, -0.15) is 13.5 Å². The Hall–Kier alpha value is -1.62. The molecule has 0 heterocycles. The predicted molar refractivity (Wildman–Crippen MR) is 121 cm³/mol. The van der Waals surface area contributed by atoms with Gasteiger partial charge in [0.15, 0.2) is 0 Å². The van der Waals surface area contributed by atoms with E-state index in [9.17, 15) is 4.79 Å². The Morgan fingerprint density at radius 2 is 1.59 bits per heavy atom. The molecule has 0 aliphatic heterocycles. The van der Waals surface area contributed by atoms with E-state index in [1.165, 1.54) is 11.1 Å². The zero-order valence-corrected chi connectivity index (χ0v) is 17.2. The molecule has 4 heteroatoms. The molecule has 0 aliphatic carbocycles. The number of nitrogens with zero attached hydrogens (tertiary/aromatic N) is 1. The van der Waals surface area contributed by atoms with E-state index < -0.39 is 0 Å². The van der Waals surface area contributed by atoms with Crippen LogP contribution in [0.2, 0.25) is 0 Å². The molecule has 0 saturated heterocycles. The molecule has 0 aromatic heterocycles. The Kier molecular flexibility index (Phi) is 18.2. The fraction of sp³-hybridized carbons (Fsp3) is 0.435. The van der Waals surface area contributed by atoms with E-state index in [1.807, 2.05) is 12.1 Å². The summed E-state index contributed by atoms with van der Waals surface area (Å²) in [5.74, 6) is 0. The molecule has 0 aliphatic rings. The minimum Gasteiger partial charge on any atom is -0.369 e. The van der Waals surface area contributed by atoms with Gasteiger partial charge in [0.25, 0.3) is 0 Å². The average molecular weight is 392 g/mol. The van der Waals surface area contributed by atoms with Gasteiger partial charge in [-0.3, -0.25) is 4.90 Å². The van der Waals surface area contributed by atoms with Crippen molar-refractivity contribution in [3.63, 3.8) is 0 Å². The standard InChI is InChI=1S/C17H21NO.C5H10O.CH4.H2S/c1-15(17-11-7-4-8-12-17)18(14-19-2)13-16-9-5-3-6-10-16;1-2-3-4-5-6;;/h3-12,15H,13-14H2,1-2H3;5H,2-4H2,1H3;1H4;1H2/t15-;;;/m0.../s1. The monoisotopic (exact) mass is 391 g/mol. The maximum atomic E-state index is 9.56. The normalized spacial score (nSPS) is 10.7. The van der Waals surface area contributed by atoms with Crippen molar-refractivity contribution in [3.8, 4) is 0 Å². The molecule has 0 unspecified atom stereocenters. The Morgan fingerprint density at radius 3 is 2.04 bits per heavy atom. The van der Waals surface area contributed by atoms with Crippen molar-refractivity contribution in [1.82, 2.24) is 4.90 Å². The number of rotatable bonds is 9. The lowest BCUT2D eigenvalue weighted by Gasteiger charge is -2.28. The van der Waals surface area contributed by atoms with Crippen molar-refractivity contribution in [1.29, 1.82) is 0 Å². The van der Waals surface area contributed by atoms with Crippen LogP contribution < -0.4 is 0 Å². The van der Waals surface area contributed by atoms with Crippen LogP contribution in [0.3, 0.4) is 0 Å². The van der Waals surface area contributed by atoms with Gasteiger partial charge in [-0.05, 0) is 24.5 Å². The van der Waals surface area contributed by atoms with E-state index in [0.29, 0.717) is 12.8 Å². The van der Waals surface area contributed by atoms with Crippen LogP contribution in [0.5, 0.6) is 0 Å². The molecule has 2 aromatic rings. The average Bonchev–Trinajstić information content (AvgIpc) is 2.67. The number of carbonyl (C=O) groups is 1. The quantitative estimate of drug-likeness (QED) is 0.299. The molecule has 0 N–H and O–H groups in total.